The molecule has 1 fully saturated rings. The molecule has 1 saturated carbocycles. The van der Waals surface area contributed by atoms with Gasteiger partial charge in [-0.25, -0.2) is 0 Å². The highest BCUT2D eigenvalue weighted by atomic mass is 32.2. The molecule has 0 radical (unpaired) electrons. The number of hydrogen-bond donors (Lipinski definition) is 1. The number of hydrogen-bond acceptors (Lipinski definition) is 2. The van der Waals surface area contributed by atoms with Crippen molar-refractivity contribution in [2.24, 2.45) is 5.41 Å². The summed E-state index contributed by atoms with van der Waals surface area (Å²) in [6.45, 7) is 12.0. The molecule has 0 aromatic carbocycles. The van der Waals surface area contributed by atoms with Crippen LogP contribution in [0.5, 0.6) is 0 Å². The van der Waals surface area contributed by atoms with Gasteiger partial charge in [0.2, 0.25) is 0 Å². The summed E-state index contributed by atoms with van der Waals surface area (Å²) in [7, 11) is -0.701. The van der Waals surface area contributed by atoms with E-state index in [1.54, 1.807) is 0 Å². The topological polar surface area (TPSA) is 29.1 Å². The van der Waals surface area contributed by atoms with Gasteiger partial charge in [-0.1, -0.05) is 41.0 Å². The Kier molecular flexibility index (Phi) is 5.65. The SMILES string of the molecule is CCCNC1C(S(=O)C(C)C)CCCC1(C)C. The molecule has 1 N–H and O–H groups in total. The predicted octanol–water partition coefficient (Wildman–Crippen LogP) is 3.09. The number of rotatable bonds is 5. The average molecular weight is 259 g/mol. The van der Waals surface area contributed by atoms with E-state index < -0.39 is 10.8 Å². The summed E-state index contributed by atoms with van der Waals surface area (Å²) in [6.07, 6.45) is 4.74. The van der Waals surface area contributed by atoms with Crippen LogP contribution in [-0.2, 0) is 10.8 Å². The second kappa shape index (κ2) is 6.33. The van der Waals surface area contributed by atoms with Crippen molar-refractivity contribution in [2.45, 2.75) is 76.8 Å². The van der Waals surface area contributed by atoms with Gasteiger partial charge in [-0.15, -0.1) is 0 Å². The maximum absolute atomic E-state index is 12.4. The Labute approximate surface area is 109 Å². The van der Waals surface area contributed by atoms with Crippen LogP contribution in [0, 0.1) is 5.41 Å². The first-order chi connectivity index (χ1) is 7.90. The molecule has 0 aliphatic heterocycles. The fourth-order valence-electron chi connectivity index (χ4n) is 2.89. The third-order valence-electron chi connectivity index (χ3n) is 3.90. The molecule has 0 heterocycles. The van der Waals surface area contributed by atoms with E-state index in [0.29, 0.717) is 11.3 Å². The van der Waals surface area contributed by atoms with Crippen LogP contribution < -0.4 is 5.32 Å². The summed E-state index contributed by atoms with van der Waals surface area (Å²) in [4.78, 5) is 0. The van der Waals surface area contributed by atoms with Gasteiger partial charge < -0.3 is 5.32 Å². The van der Waals surface area contributed by atoms with Gasteiger partial charge in [-0.2, -0.15) is 0 Å². The van der Waals surface area contributed by atoms with Gasteiger partial charge in [-0.05, 0) is 31.2 Å². The van der Waals surface area contributed by atoms with Crippen molar-refractivity contribution < 1.29 is 4.21 Å². The van der Waals surface area contributed by atoms with E-state index in [4.69, 9.17) is 0 Å². The average Bonchev–Trinajstić information content (AvgIpc) is 2.25. The van der Waals surface area contributed by atoms with E-state index in [9.17, 15) is 4.21 Å². The van der Waals surface area contributed by atoms with Crippen molar-refractivity contribution in [3.63, 3.8) is 0 Å². The predicted molar refractivity (Wildman–Crippen MR) is 76.8 cm³/mol. The lowest BCUT2D eigenvalue weighted by Gasteiger charge is -2.44. The second-order valence-corrected chi connectivity index (χ2v) is 8.43. The Morgan fingerprint density at radius 3 is 2.59 bits per heavy atom. The van der Waals surface area contributed by atoms with Crippen molar-refractivity contribution in [1.29, 1.82) is 0 Å². The lowest BCUT2D eigenvalue weighted by Crippen LogP contribution is -2.55. The van der Waals surface area contributed by atoms with Crippen LogP contribution in [0.2, 0.25) is 0 Å². The molecule has 0 spiro atoms. The standard InChI is InChI=1S/C14H29NOS/c1-6-10-15-13-12(17(16)11(2)3)8-7-9-14(13,4)5/h11-13,15H,6-10H2,1-5H3. The molecule has 0 bridgehead atoms. The van der Waals surface area contributed by atoms with E-state index in [2.05, 4.69) is 39.9 Å². The van der Waals surface area contributed by atoms with Gasteiger partial charge in [-0.3, -0.25) is 4.21 Å². The van der Waals surface area contributed by atoms with Crippen LogP contribution in [0.4, 0.5) is 0 Å². The molecule has 0 amide bonds. The zero-order chi connectivity index (χ0) is 13.1. The van der Waals surface area contributed by atoms with Gasteiger partial charge in [0.1, 0.15) is 0 Å². The molecule has 17 heavy (non-hydrogen) atoms. The van der Waals surface area contributed by atoms with Gasteiger partial charge in [0.05, 0.1) is 5.25 Å². The zero-order valence-corrected chi connectivity index (χ0v) is 12.9. The monoisotopic (exact) mass is 259 g/mol. The first-order valence-corrected chi connectivity index (χ1v) is 8.30. The first kappa shape index (κ1) is 15.2. The van der Waals surface area contributed by atoms with Gasteiger partial charge in [0, 0.05) is 22.1 Å². The minimum Gasteiger partial charge on any atom is -0.312 e. The lowest BCUT2D eigenvalue weighted by atomic mass is 9.73. The molecule has 0 aromatic heterocycles. The summed E-state index contributed by atoms with van der Waals surface area (Å²) in [5.74, 6) is 0. The third kappa shape index (κ3) is 3.78. The van der Waals surface area contributed by atoms with Crippen molar-refractivity contribution in [3.05, 3.63) is 0 Å². The quantitative estimate of drug-likeness (QED) is 0.822. The van der Waals surface area contributed by atoms with Crippen molar-refractivity contribution in [1.82, 2.24) is 5.32 Å². The Bertz CT molecular complexity index is 263. The van der Waals surface area contributed by atoms with Gasteiger partial charge >= 0.3 is 0 Å². The van der Waals surface area contributed by atoms with E-state index >= 15 is 0 Å². The highest BCUT2D eigenvalue weighted by Gasteiger charge is 2.41. The summed E-state index contributed by atoms with van der Waals surface area (Å²) in [5, 5.41) is 4.27. The largest absolute Gasteiger partial charge is 0.312 e. The van der Waals surface area contributed by atoms with E-state index in [1.807, 2.05) is 0 Å². The Morgan fingerprint density at radius 2 is 2.06 bits per heavy atom. The molecule has 2 nitrogen and oxygen atoms in total. The van der Waals surface area contributed by atoms with E-state index in [0.717, 1.165) is 19.4 Å². The molecule has 102 valence electrons. The second-order valence-electron chi connectivity index (χ2n) is 6.23. The van der Waals surface area contributed by atoms with Crippen LogP contribution in [0.15, 0.2) is 0 Å². The van der Waals surface area contributed by atoms with Crippen molar-refractivity contribution in [3.8, 4) is 0 Å². The highest BCUT2D eigenvalue weighted by Crippen LogP contribution is 2.38. The lowest BCUT2D eigenvalue weighted by molar-refractivity contribution is 0.173. The molecule has 1 aliphatic carbocycles. The van der Waals surface area contributed by atoms with Gasteiger partial charge in [0.25, 0.3) is 0 Å². The molecule has 3 unspecified atom stereocenters. The van der Waals surface area contributed by atoms with Gasteiger partial charge in [0.15, 0.2) is 0 Å². The maximum atomic E-state index is 12.4. The molecule has 3 heteroatoms. The minimum absolute atomic E-state index is 0.278. The van der Waals surface area contributed by atoms with Crippen LogP contribution in [-0.4, -0.2) is 27.3 Å². The minimum atomic E-state index is -0.701. The van der Waals surface area contributed by atoms with Crippen molar-refractivity contribution in [2.75, 3.05) is 6.54 Å². The van der Waals surface area contributed by atoms with Crippen LogP contribution >= 0.6 is 0 Å². The molecule has 1 aliphatic rings. The molecule has 0 aromatic rings. The van der Waals surface area contributed by atoms with Crippen molar-refractivity contribution >= 4 is 10.8 Å². The summed E-state index contributed by atoms with van der Waals surface area (Å²) < 4.78 is 12.4. The first-order valence-electron chi connectivity index (χ1n) is 7.03. The molecule has 0 saturated heterocycles. The highest BCUT2D eigenvalue weighted by molar-refractivity contribution is 7.86. The third-order valence-corrected chi connectivity index (χ3v) is 5.93. The molecule has 3 atom stereocenters. The zero-order valence-electron chi connectivity index (χ0n) is 12.1. The fraction of sp³-hybridized carbons (Fsp3) is 1.00. The molecular formula is C14H29NOS. The number of nitrogens with one attached hydrogen (secondary N) is 1. The van der Waals surface area contributed by atoms with E-state index in [-0.39, 0.29) is 10.7 Å². The Morgan fingerprint density at radius 1 is 1.41 bits per heavy atom. The fourth-order valence-corrected chi connectivity index (χ4v) is 4.72. The summed E-state index contributed by atoms with van der Waals surface area (Å²) >= 11 is 0. The maximum Gasteiger partial charge on any atom is 0.0509 e. The Hall–Kier alpha value is 0.110. The van der Waals surface area contributed by atoms with E-state index in [1.165, 1.54) is 12.8 Å². The Balaban J connectivity index is 2.81. The summed E-state index contributed by atoms with van der Waals surface area (Å²) in [6, 6.07) is 0.416. The van der Waals surface area contributed by atoms with Crippen LogP contribution in [0.3, 0.4) is 0 Å². The van der Waals surface area contributed by atoms with Crippen LogP contribution in [0.25, 0.3) is 0 Å². The van der Waals surface area contributed by atoms with Crippen LogP contribution in [0.1, 0.15) is 60.3 Å². The molecular weight excluding hydrogens is 230 g/mol. The molecule has 1 rings (SSSR count). The summed E-state index contributed by atoms with van der Waals surface area (Å²) in [5.41, 5.74) is 0.280. The normalized spacial score (nSPS) is 30.5. The smallest absolute Gasteiger partial charge is 0.0509 e.